The molecule has 54 heavy (non-hydrogen) atoms. The number of rotatable bonds is 6. The van der Waals surface area contributed by atoms with Gasteiger partial charge in [-0.15, -0.1) is 60.4 Å². The minimum absolute atomic E-state index is 0. The third-order valence-electron chi connectivity index (χ3n) is 10.5. The first kappa shape index (κ1) is 52.7. The van der Waals surface area contributed by atoms with Crippen molar-refractivity contribution in [3.8, 4) is 0 Å². The summed E-state index contributed by atoms with van der Waals surface area (Å²) in [5.74, 6) is 2.16. The number of piperidine rings is 2. The van der Waals surface area contributed by atoms with Gasteiger partial charge in [-0.25, -0.2) is 4.79 Å². The highest BCUT2D eigenvalue weighted by atomic mass is 35.5. The van der Waals surface area contributed by atoms with Gasteiger partial charge in [-0.05, 0) is 114 Å². The molecule has 2 aromatic carbocycles. The zero-order valence-corrected chi connectivity index (χ0v) is 36.7. The van der Waals surface area contributed by atoms with E-state index in [0.29, 0.717) is 6.04 Å². The molecule has 310 valence electrons. The van der Waals surface area contributed by atoms with Crippen LogP contribution in [-0.2, 0) is 9.53 Å². The van der Waals surface area contributed by atoms with Crippen LogP contribution in [0.25, 0.3) is 0 Å². The number of hydrogen-bond donors (Lipinski definition) is 3. The van der Waals surface area contributed by atoms with Crippen molar-refractivity contribution in [1.29, 1.82) is 0 Å². The molecule has 2 saturated heterocycles. The van der Waals surface area contributed by atoms with Gasteiger partial charge in [-0.1, -0.05) is 86.3 Å². The Kier molecular flexibility index (Phi) is 29.2. The molecule has 4 fully saturated rings. The van der Waals surface area contributed by atoms with E-state index in [9.17, 15) is 9.59 Å². The van der Waals surface area contributed by atoms with Gasteiger partial charge in [-0.3, -0.25) is 0 Å². The van der Waals surface area contributed by atoms with Gasteiger partial charge in [0.15, 0.2) is 0 Å². The van der Waals surface area contributed by atoms with Gasteiger partial charge in [0.1, 0.15) is 11.9 Å². The van der Waals surface area contributed by atoms with E-state index < -0.39 is 11.7 Å². The van der Waals surface area contributed by atoms with E-state index in [-0.39, 0.29) is 54.5 Å². The Morgan fingerprint density at radius 2 is 1.39 bits per heavy atom. The molecule has 0 bridgehead atoms. The van der Waals surface area contributed by atoms with Crippen LogP contribution in [0.15, 0.2) is 60.7 Å². The lowest BCUT2D eigenvalue weighted by Gasteiger charge is -2.38. The highest BCUT2D eigenvalue weighted by molar-refractivity contribution is 6.40. The zero-order valence-electron chi connectivity index (χ0n) is 32.8. The molecule has 6 atom stereocenters. The Morgan fingerprint density at radius 1 is 0.833 bits per heavy atom. The van der Waals surface area contributed by atoms with E-state index in [2.05, 4.69) is 76.2 Å². The molecule has 6 rings (SSSR count). The number of alkyl halides is 2. The fourth-order valence-electron chi connectivity index (χ4n) is 7.84. The molecule has 1 amide bonds. The van der Waals surface area contributed by atoms with Gasteiger partial charge >= 0.3 is 6.09 Å². The van der Waals surface area contributed by atoms with Crippen LogP contribution in [0, 0.1) is 11.8 Å². The molecule has 0 spiro atoms. The lowest BCUT2D eigenvalue weighted by Crippen LogP contribution is -2.44. The molecule has 2 aliphatic carbocycles. The number of aldehydes is 1. The monoisotopic (exact) mass is 852 g/mol. The first-order chi connectivity index (χ1) is 24.6. The summed E-state index contributed by atoms with van der Waals surface area (Å²) in [5, 5.41) is 6.41. The second kappa shape index (κ2) is 29.9. The minimum atomic E-state index is -0.491. The van der Waals surface area contributed by atoms with E-state index in [0.717, 1.165) is 56.3 Å². The average molecular weight is 855 g/mol. The van der Waals surface area contributed by atoms with Crippen LogP contribution in [0.5, 0.6) is 0 Å². The number of alkyl carbamates (subject to hydrolysis) is 1. The number of halogens is 5. The molecule has 12 heteroatoms. The summed E-state index contributed by atoms with van der Waals surface area (Å²) in [6.45, 7) is 11.6. The van der Waals surface area contributed by atoms with Gasteiger partial charge in [0.05, 0.1) is 5.34 Å². The molecule has 2 saturated carbocycles. The molecule has 4 N–H and O–H groups in total. The maximum absolute atomic E-state index is 11.5. The van der Waals surface area contributed by atoms with Crippen LogP contribution in [0.3, 0.4) is 0 Å². The number of carbonyl (C=O) groups is 2. The number of carbonyl (C=O) groups excluding carboxylic acids is 2. The van der Waals surface area contributed by atoms with Gasteiger partial charge in [0.2, 0.25) is 0 Å². The normalized spacial score (nSPS) is 25.2. The molecule has 2 aromatic rings. The summed E-state index contributed by atoms with van der Waals surface area (Å²) in [4.78, 5) is 25.1. The van der Waals surface area contributed by atoms with Crippen LogP contribution in [0.1, 0.15) is 121 Å². The van der Waals surface area contributed by atoms with Crippen LogP contribution >= 0.6 is 60.4 Å². The lowest BCUT2D eigenvalue weighted by atomic mass is 9.83. The molecule has 4 aliphatic rings. The van der Waals surface area contributed by atoms with Gasteiger partial charge in [0, 0.05) is 37.6 Å². The number of nitrogens with one attached hydrogen (secondary N) is 2. The predicted molar refractivity (Wildman–Crippen MR) is 236 cm³/mol. The largest absolute Gasteiger partial charge is 0.444 e. The Bertz CT molecular complexity index is 1220. The van der Waals surface area contributed by atoms with Crippen molar-refractivity contribution in [2.45, 2.75) is 127 Å². The van der Waals surface area contributed by atoms with Gasteiger partial charge in [0.25, 0.3) is 0 Å². The molecule has 2 unspecified atom stereocenters. The molecule has 0 aromatic heterocycles. The van der Waals surface area contributed by atoms with Crippen molar-refractivity contribution in [2.24, 2.45) is 17.6 Å². The topological polar surface area (TPSA) is 96.7 Å². The Balaban J connectivity index is 0.000000751. The number of benzene rings is 2. The van der Waals surface area contributed by atoms with E-state index in [1.165, 1.54) is 88.7 Å². The fourth-order valence-corrected chi connectivity index (χ4v) is 7.84. The summed E-state index contributed by atoms with van der Waals surface area (Å²) >= 11 is 9.53. The van der Waals surface area contributed by atoms with E-state index >= 15 is 0 Å². The van der Waals surface area contributed by atoms with E-state index in [4.69, 9.17) is 33.7 Å². The van der Waals surface area contributed by atoms with Crippen molar-refractivity contribution in [3.05, 3.63) is 71.8 Å². The minimum Gasteiger partial charge on any atom is -0.444 e. The first-order valence-corrected chi connectivity index (χ1v) is 20.6. The molecule has 2 aliphatic heterocycles. The SMILES string of the molecule is CC(C)(C)OC(=O)N[C@H]1CCCC[C@@H]1C=O.Cl.Cl.Cl.ClCCl.N[C@H]1CCCC[C@@H]1CN1CCCC(c2ccccc2)C1.c1ccc(C2CCCNC2)cc1. The van der Waals surface area contributed by atoms with Crippen molar-refractivity contribution in [3.63, 3.8) is 0 Å². The first-order valence-electron chi connectivity index (χ1n) is 19.5. The fraction of sp³-hybridized carbons (Fsp3) is 0.667. The Labute approximate surface area is 355 Å². The second-order valence-electron chi connectivity index (χ2n) is 15.6. The highest BCUT2D eigenvalue weighted by Crippen LogP contribution is 2.30. The zero-order chi connectivity index (χ0) is 36.9. The number of nitrogens with two attached hydrogens (primary N) is 1. The quantitative estimate of drug-likeness (QED) is 0.198. The van der Waals surface area contributed by atoms with Gasteiger partial charge in [-0.2, -0.15) is 0 Å². The van der Waals surface area contributed by atoms with Crippen molar-refractivity contribution in [2.75, 3.05) is 38.1 Å². The third-order valence-corrected chi connectivity index (χ3v) is 10.5. The number of amides is 1. The molecule has 2 heterocycles. The summed E-state index contributed by atoms with van der Waals surface area (Å²) in [6, 6.07) is 22.2. The average Bonchev–Trinajstić information content (AvgIpc) is 3.14. The number of ether oxygens (including phenoxy) is 1. The van der Waals surface area contributed by atoms with Crippen LogP contribution < -0.4 is 16.4 Å². The summed E-state index contributed by atoms with van der Waals surface area (Å²) in [5.41, 5.74) is 8.83. The maximum Gasteiger partial charge on any atom is 0.407 e. The Morgan fingerprint density at radius 3 is 1.94 bits per heavy atom. The molecular formula is C42H69Cl5N4O3. The summed E-state index contributed by atoms with van der Waals surface area (Å²) < 4.78 is 5.17. The van der Waals surface area contributed by atoms with Crippen LogP contribution in [0.4, 0.5) is 4.79 Å². The van der Waals surface area contributed by atoms with Gasteiger partial charge < -0.3 is 30.8 Å². The van der Waals surface area contributed by atoms with Crippen molar-refractivity contribution >= 4 is 72.8 Å². The third kappa shape index (κ3) is 20.8. The lowest BCUT2D eigenvalue weighted by molar-refractivity contribution is -0.112. The molecule has 7 nitrogen and oxygen atoms in total. The second-order valence-corrected chi connectivity index (χ2v) is 16.4. The number of hydrogen-bond acceptors (Lipinski definition) is 6. The van der Waals surface area contributed by atoms with Crippen molar-refractivity contribution < 1.29 is 14.3 Å². The number of nitrogens with zero attached hydrogens (tertiary/aromatic N) is 1. The van der Waals surface area contributed by atoms with Crippen molar-refractivity contribution in [1.82, 2.24) is 15.5 Å². The van der Waals surface area contributed by atoms with E-state index in [1.807, 2.05) is 20.8 Å². The molecular weight excluding hydrogens is 786 g/mol. The van der Waals surface area contributed by atoms with Crippen LogP contribution in [0.2, 0.25) is 0 Å². The van der Waals surface area contributed by atoms with E-state index in [1.54, 1.807) is 0 Å². The predicted octanol–water partition coefficient (Wildman–Crippen LogP) is 10.5. The maximum atomic E-state index is 11.5. The number of likely N-dealkylation sites (tertiary alicyclic amines) is 1. The highest BCUT2D eigenvalue weighted by Gasteiger charge is 2.29. The molecule has 0 radical (unpaired) electrons. The summed E-state index contributed by atoms with van der Waals surface area (Å²) in [7, 11) is 0. The summed E-state index contributed by atoms with van der Waals surface area (Å²) in [6.07, 6.45) is 15.0. The smallest absolute Gasteiger partial charge is 0.407 e. The van der Waals surface area contributed by atoms with Crippen LogP contribution in [-0.4, -0.2) is 73.0 Å². The Hall–Kier alpha value is -1.29. The standard InChI is InChI=1S/C18H28N2.C12H21NO3.C11H15N.CH2Cl2.3ClH/c19-18-11-5-4-9-17(18)14-20-12-6-10-16(13-20)15-7-2-1-3-8-15;1-12(2,3)16-11(15)13-10-7-5-4-6-9(10)8-14;1-2-5-10(6-3-1)11-7-4-8-12-9-11;2-1-3;;;/h1-3,7-8,16-18H,4-6,9-14,19H2;8-10H,4-7H2,1-3H3,(H,13,15);1-3,5-6,11-12H,4,7-9H2;1H2;3*1H/t16?,17-,18+;9-,10+;;;;;/m11...../s1.